The molecule has 1 heterocycles. The Bertz CT molecular complexity index is 852. The summed E-state index contributed by atoms with van der Waals surface area (Å²) in [7, 11) is 0. The van der Waals surface area contributed by atoms with E-state index in [9.17, 15) is 0 Å². The first kappa shape index (κ1) is 20.6. The van der Waals surface area contributed by atoms with Gasteiger partial charge in [-0.25, -0.2) is 0 Å². The highest BCUT2D eigenvalue weighted by atomic mass is 35.5. The highest BCUT2D eigenvalue weighted by Gasteiger charge is 2.19. The zero-order valence-electron chi connectivity index (χ0n) is 16.5. The molecule has 0 aliphatic heterocycles. The number of H-pyrrole nitrogens is 1. The van der Waals surface area contributed by atoms with Gasteiger partial charge in [0.2, 0.25) is 0 Å². The van der Waals surface area contributed by atoms with Crippen LogP contribution in [0, 0.1) is 0 Å². The van der Waals surface area contributed by atoms with E-state index in [4.69, 9.17) is 23.2 Å². The minimum Gasteiger partial charge on any atom is -0.354 e. The third-order valence-electron chi connectivity index (χ3n) is 5.56. The summed E-state index contributed by atoms with van der Waals surface area (Å²) in [4.78, 5) is 3.67. The van der Waals surface area contributed by atoms with Gasteiger partial charge in [-0.15, -0.1) is 23.2 Å². The van der Waals surface area contributed by atoms with Crippen molar-refractivity contribution in [1.82, 2.24) is 4.98 Å². The Kier molecular flexibility index (Phi) is 7.49. The predicted octanol–water partition coefficient (Wildman–Crippen LogP) is 8.39. The quantitative estimate of drug-likeness (QED) is 0.258. The number of fused-ring (bicyclic) bond motifs is 3. The van der Waals surface area contributed by atoms with Crippen molar-refractivity contribution >= 4 is 45.0 Å². The minimum absolute atomic E-state index is 0.229. The second-order valence-electron chi connectivity index (χ2n) is 7.82. The van der Waals surface area contributed by atoms with Crippen molar-refractivity contribution in [3.05, 3.63) is 48.0 Å². The van der Waals surface area contributed by atoms with E-state index in [1.165, 1.54) is 53.1 Å². The summed E-state index contributed by atoms with van der Waals surface area (Å²) in [5, 5.41) is 3.13. The normalized spacial score (nSPS) is 15.3. The van der Waals surface area contributed by atoms with E-state index >= 15 is 0 Å². The number of unbranched alkanes of at least 4 members (excludes halogenated alkanes) is 1. The molecule has 3 rings (SSSR count). The van der Waals surface area contributed by atoms with Crippen LogP contribution in [0.15, 0.2) is 42.5 Å². The molecule has 146 valence electrons. The number of para-hydroxylation sites is 2. The molecule has 3 atom stereocenters. The number of hydrogen-bond acceptors (Lipinski definition) is 0. The molecule has 3 unspecified atom stereocenters. The number of aromatic nitrogens is 1. The predicted molar refractivity (Wildman–Crippen MR) is 121 cm³/mol. The average molecular weight is 404 g/mol. The standard InChI is InChI=1S/C24H31Cl2N/c1-3-9-18(16-19(26)11-5-4-10-17(2)25)20-13-8-14-22-21-12-6-7-15-23(21)27-24(20)22/h6-8,12-15,17-19,27H,3-5,9-11,16H2,1-2H3. The van der Waals surface area contributed by atoms with Crippen LogP contribution in [0.25, 0.3) is 21.8 Å². The second kappa shape index (κ2) is 9.85. The summed E-state index contributed by atoms with van der Waals surface area (Å²) in [5.74, 6) is 0.501. The maximum absolute atomic E-state index is 6.76. The van der Waals surface area contributed by atoms with Gasteiger partial charge in [0.05, 0.1) is 0 Å². The highest BCUT2D eigenvalue weighted by molar-refractivity contribution is 6.20. The Morgan fingerprint density at radius 2 is 1.63 bits per heavy atom. The number of aromatic amines is 1. The number of halogens is 2. The van der Waals surface area contributed by atoms with Crippen molar-refractivity contribution in [2.24, 2.45) is 0 Å². The Balaban J connectivity index is 1.78. The van der Waals surface area contributed by atoms with E-state index in [0.29, 0.717) is 5.92 Å². The van der Waals surface area contributed by atoms with Gasteiger partial charge < -0.3 is 4.98 Å². The van der Waals surface area contributed by atoms with Crippen LogP contribution in [0.2, 0.25) is 0 Å². The van der Waals surface area contributed by atoms with Gasteiger partial charge in [-0.1, -0.05) is 62.6 Å². The summed E-state index contributed by atoms with van der Waals surface area (Å²) in [6.07, 6.45) is 7.89. The van der Waals surface area contributed by atoms with E-state index in [0.717, 1.165) is 19.3 Å². The number of rotatable bonds is 10. The molecule has 2 aromatic carbocycles. The molecular formula is C24H31Cl2N. The lowest BCUT2D eigenvalue weighted by atomic mass is 9.87. The first-order valence-corrected chi connectivity index (χ1v) is 11.2. The average Bonchev–Trinajstić information content (AvgIpc) is 3.03. The maximum atomic E-state index is 6.76. The fourth-order valence-corrected chi connectivity index (χ4v) is 4.73. The van der Waals surface area contributed by atoms with Crippen LogP contribution in [-0.2, 0) is 0 Å². The van der Waals surface area contributed by atoms with Crippen molar-refractivity contribution in [3.63, 3.8) is 0 Å². The molecule has 0 saturated heterocycles. The monoisotopic (exact) mass is 403 g/mol. The van der Waals surface area contributed by atoms with Gasteiger partial charge in [0.15, 0.2) is 0 Å². The molecule has 1 aromatic heterocycles. The summed E-state index contributed by atoms with van der Waals surface area (Å²) in [6, 6.07) is 15.3. The molecule has 3 aromatic rings. The van der Waals surface area contributed by atoms with E-state index in [-0.39, 0.29) is 10.8 Å². The van der Waals surface area contributed by atoms with Crippen molar-refractivity contribution in [3.8, 4) is 0 Å². The summed E-state index contributed by atoms with van der Waals surface area (Å²) in [6.45, 7) is 4.33. The Labute approximate surface area is 173 Å². The van der Waals surface area contributed by atoms with Crippen LogP contribution in [0.3, 0.4) is 0 Å². The molecule has 0 aliphatic carbocycles. The first-order valence-electron chi connectivity index (χ1n) is 10.4. The zero-order valence-corrected chi connectivity index (χ0v) is 18.0. The Morgan fingerprint density at radius 3 is 2.41 bits per heavy atom. The molecule has 0 spiro atoms. The summed E-state index contributed by atoms with van der Waals surface area (Å²) >= 11 is 12.8. The lowest BCUT2D eigenvalue weighted by Crippen LogP contribution is -2.09. The van der Waals surface area contributed by atoms with E-state index in [1.807, 2.05) is 0 Å². The molecule has 0 bridgehead atoms. The van der Waals surface area contributed by atoms with Gasteiger partial charge in [0, 0.05) is 32.6 Å². The third-order valence-corrected chi connectivity index (χ3v) is 6.17. The van der Waals surface area contributed by atoms with Crippen LogP contribution >= 0.6 is 23.2 Å². The molecule has 27 heavy (non-hydrogen) atoms. The zero-order chi connectivity index (χ0) is 19.2. The summed E-state index contributed by atoms with van der Waals surface area (Å²) < 4.78 is 0. The third kappa shape index (κ3) is 5.21. The molecule has 1 nitrogen and oxygen atoms in total. The van der Waals surface area contributed by atoms with Crippen LogP contribution in [-0.4, -0.2) is 15.7 Å². The molecule has 0 radical (unpaired) electrons. The fourth-order valence-electron chi connectivity index (χ4n) is 4.20. The first-order chi connectivity index (χ1) is 13.1. The van der Waals surface area contributed by atoms with Crippen LogP contribution in [0.5, 0.6) is 0 Å². The van der Waals surface area contributed by atoms with E-state index in [1.54, 1.807) is 0 Å². The lowest BCUT2D eigenvalue weighted by molar-refractivity contribution is 0.520. The van der Waals surface area contributed by atoms with Crippen molar-refractivity contribution in [2.75, 3.05) is 0 Å². The smallest absolute Gasteiger partial charge is 0.0500 e. The second-order valence-corrected chi connectivity index (χ2v) is 9.19. The van der Waals surface area contributed by atoms with Gasteiger partial charge in [-0.3, -0.25) is 0 Å². The van der Waals surface area contributed by atoms with Gasteiger partial charge in [0.1, 0.15) is 0 Å². The van der Waals surface area contributed by atoms with Crippen LogP contribution in [0.4, 0.5) is 0 Å². The molecule has 0 fully saturated rings. The largest absolute Gasteiger partial charge is 0.354 e. The van der Waals surface area contributed by atoms with Crippen LogP contribution in [0.1, 0.15) is 70.3 Å². The van der Waals surface area contributed by atoms with Crippen LogP contribution < -0.4 is 0 Å². The van der Waals surface area contributed by atoms with E-state index in [2.05, 4.69) is 61.3 Å². The van der Waals surface area contributed by atoms with Gasteiger partial charge >= 0.3 is 0 Å². The van der Waals surface area contributed by atoms with Gasteiger partial charge in [0.25, 0.3) is 0 Å². The molecule has 0 aliphatic rings. The number of nitrogens with one attached hydrogen (secondary N) is 1. The van der Waals surface area contributed by atoms with Gasteiger partial charge in [-0.2, -0.15) is 0 Å². The topological polar surface area (TPSA) is 15.8 Å². The SMILES string of the molecule is CCCC(CC(Cl)CCCCC(C)Cl)c1cccc2c1[nH]c1ccccc12. The molecule has 0 amide bonds. The van der Waals surface area contributed by atoms with Crippen molar-refractivity contribution in [1.29, 1.82) is 0 Å². The Morgan fingerprint density at radius 1 is 0.889 bits per heavy atom. The molecule has 0 saturated carbocycles. The summed E-state index contributed by atoms with van der Waals surface area (Å²) in [5.41, 5.74) is 3.93. The highest BCUT2D eigenvalue weighted by Crippen LogP contribution is 2.36. The van der Waals surface area contributed by atoms with Crippen molar-refractivity contribution < 1.29 is 0 Å². The molecule has 3 heteroatoms. The Hall–Kier alpha value is -1.18. The minimum atomic E-state index is 0.229. The number of alkyl halides is 2. The van der Waals surface area contributed by atoms with Gasteiger partial charge in [-0.05, 0) is 50.2 Å². The number of hydrogen-bond donors (Lipinski definition) is 1. The van der Waals surface area contributed by atoms with Crippen molar-refractivity contribution in [2.45, 2.75) is 75.5 Å². The fraction of sp³-hybridized carbons (Fsp3) is 0.500. The maximum Gasteiger partial charge on any atom is 0.0500 e. The number of benzene rings is 2. The molecule has 1 N–H and O–H groups in total. The lowest BCUT2D eigenvalue weighted by Gasteiger charge is -2.21. The van der Waals surface area contributed by atoms with E-state index < -0.39 is 0 Å². The molecular weight excluding hydrogens is 373 g/mol.